The molecule has 1 fully saturated rings. The van der Waals surface area contributed by atoms with Gasteiger partial charge in [0, 0.05) is 25.4 Å². The minimum absolute atomic E-state index is 0.0552. The summed E-state index contributed by atoms with van der Waals surface area (Å²) < 4.78 is 0. The van der Waals surface area contributed by atoms with Gasteiger partial charge < -0.3 is 10.2 Å². The molecule has 1 saturated heterocycles. The van der Waals surface area contributed by atoms with Crippen LogP contribution < -0.4 is 10.2 Å². The van der Waals surface area contributed by atoms with Crippen LogP contribution in [0.2, 0.25) is 0 Å². The van der Waals surface area contributed by atoms with Crippen molar-refractivity contribution < 1.29 is 4.79 Å². The van der Waals surface area contributed by atoms with Crippen molar-refractivity contribution in [2.45, 2.75) is 26.2 Å². The number of carbonyl (C=O) groups is 1. The van der Waals surface area contributed by atoms with Gasteiger partial charge in [-0.15, -0.1) is 0 Å². The van der Waals surface area contributed by atoms with Crippen molar-refractivity contribution in [2.24, 2.45) is 0 Å². The van der Waals surface area contributed by atoms with Gasteiger partial charge in [-0.05, 0) is 25.3 Å². The molecular weight excluding hydrogens is 250 g/mol. The van der Waals surface area contributed by atoms with Gasteiger partial charge in [0.15, 0.2) is 0 Å². The zero-order valence-corrected chi connectivity index (χ0v) is 11.7. The van der Waals surface area contributed by atoms with Crippen LogP contribution in [-0.2, 0) is 4.79 Å². The molecule has 3 rings (SSSR count). The molecule has 1 aromatic carbocycles. The maximum atomic E-state index is 11.4. The van der Waals surface area contributed by atoms with Gasteiger partial charge in [-0.25, -0.2) is 0 Å². The van der Waals surface area contributed by atoms with Crippen LogP contribution in [0.3, 0.4) is 0 Å². The van der Waals surface area contributed by atoms with Crippen molar-refractivity contribution in [1.82, 2.24) is 4.98 Å². The fourth-order valence-corrected chi connectivity index (χ4v) is 2.87. The number of fused-ring (bicyclic) bond motifs is 1. The summed E-state index contributed by atoms with van der Waals surface area (Å²) in [5, 5.41) is 4.03. The molecule has 4 nitrogen and oxygen atoms in total. The number of piperidine rings is 1. The van der Waals surface area contributed by atoms with E-state index in [4.69, 9.17) is 0 Å². The fourth-order valence-electron chi connectivity index (χ4n) is 2.87. The number of rotatable bonds is 2. The van der Waals surface area contributed by atoms with Crippen molar-refractivity contribution in [1.29, 1.82) is 0 Å². The van der Waals surface area contributed by atoms with Gasteiger partial charge >= 0.3 is 0 Å². The molecule has 0 bridgehead atoms. The van der Waals surface area contributed by atoms with Crippen LogP contribution in [0.5, 0.6) is 0 Å². The predicted molar refractivity (Wildman–Crippen MR) is 82.1 cm³/mol. The number of para-hydroxylation sites is 1. The molecule has 1 aliphatic rings. The predicted octanol–water partition coefficient (Wildman–Crippen LogP) is 3.18. The van der Waals surface area contributed by atoms with Gasteiger partial charge in [-0.3, -0.25) is 9.78 Å². The van der Waals surface area contributed by atoms with E-state index in [-0.39, 0.29) is 5.91 Å². The van der Waals surface area contributed by atoms with E-state index in [9.17, 15) is 4.79 Å². The average Bonchev–Trinajstić information content (AvgIpc) is 2.47. The maximum absolute atomic E-state index is 11.4. The van der Waals surface area contributed by atoms with Gasteiger partial charge in [0.1, 0.15) is 0 Å². The van der Waals surface area contributed by atoms with E-state index in [1.165, 1.54) is 26.2 Å². The lowest BCUT2D eigenvalue weighted by molar-refractivity contribution is -0.114. The molecule has 0 unspecified atom stereocenters. The molecule has 0 aliphatic carbocycles. The molecule has 0 radical (unpaired) electrons. The number of carbonyl (C=O) groups excluding carboxylic acids is 1. The number of benzene rings is 1. The lowest BCUT2D eigenvalue weighted by Gasteiger charge is -2.31. The molecule has 1 aliphatic heterocycles. The Morgan fingerprint density at radius 2 is 1.95 bits per heavy atom. The second kappa shape index (κ2) is 5.49. The van der Waals surface area contributed by atoms with Crippen molar-refractivity contribution in [3.8, 4) is 0 Å². The first kappa shape index (κ1) is 12.9. The van der Waals surface area contributed by atoms with Crippen LogP contribution >= 0.6 is 0 Å². The lowest BCUT2D eigenvalue weighted by Crippen LogP contribution is -2.30. The molecule has 0 spiro atoms. The van der Waals surface area contributed by atoms with Crippen LogP contribution in [-0.4, -0.2) is 24.0 Å². The summed E-state index contributed by atoms with van der Waals surface area (Å²) in [6, 6.07) is 8.11. The zero-order chi connectivity index (χ0) is 13.9. The third-order valence-corrected chi connectivity index (χ3v) is 3.73. The summed E-state index contributed by atoms with van der Waals surface area (Å²) in [6.45, 7) is 3.62. The minimum atomic E-state index is -0.0552. The van der Waals surface area contributed by atoms with Gasteiger partial charge in [-0.1, -0.05) is 18.2 Å². The minimum Gasteiger partial charge on any atom is -0.369 e. The third-order valence-electron chi connectivity index (χ3n) is 3.73. The summed E-state index contributed by atoms with van der Waals surface area (Å²) in [7, 11) is 0. The highest BCUT2D eigenvalue weighted by Gasteiger charge is 2.18. The highest BCUT2D eigenvalue weighted by molar-refractivity contribution is 6.02. The number of anilines is 2. The van der Waals surface area contributed by atoms with Gasteiger partial charge in [-0.2, -0.15) is 0 Å². The molecule has 2 aromatic rings. The third kappa shape index (κ3) is 2.46. The van der Waals surface area contributed by atoms with Gasteiger partial charge in [0.2, 0.25) is 5.91 Å². The number of aromatic nitrogens is 1. The average molecular weight is 269 g/mol. The molecule has 1 amide bonds. The van der Waals surface area contributed by atoms with Crippen molar-refractivity contribution >= 4 is 28.2 Å². The standard InChI is InChI=1S/C16H19N3O/c1-12(20)18-15-11-17-14-8-4-3-7-13(14)16(15)19-9-5-2-6-10-19/h3-4,7-8,11H,2,5-6,9-10H2,1H3,(H,18,20). The highest BCUT2D eigenvalue weighted by atomic mass is 16.1. The quantitative estimate of drug-likeness (QED) is 0.910. The number of hydrogen-bond acceptors (Lipinski definition) is 3. The van der Waals surface area contributed by atoms with E-state index >= 15 is 0 Å². The second-order valence-electron chi connectivity index (χ2n) is 5.27. The maximum Gasteiger partial charge on any atom is 0.221 e. The van der Waals surface area contributed by atoms with E-state index in [1.54, 1.807) is 6.20 Å². The van der Waals surface area contributed by atoms with Crippen LogP contribution in [0.15, 0.2) is 30.5 Å². The van der Waals surface area contributed by atoms with E-state index in [0.717, 1.165) is 35.4 Å². The zero-order valence-electron chi connectivity index (χ0n) is 11.7. The Kier molecular flexibility index (Phi) is 3.54. The van der Waals surface area contributed by atoms with Crippen LogP contribution in [0.1, 0.15) is 26.2 Å². The first-order chi connectivity index (χ1) is 9.75. The van der Waals surface area contributed by atoms with Crippen molar-refractivity contribution in [3.63, 3.8) is 0 Å². The summed E-state index contributed by atoms with van der Waals surface area (Å²) in [5.74, 6) is -0.0552. The topological polar surface area (TPSA) is 45.2 Å². The molecule has 20 heavy (non-hydrogen) atoms. The normalized spacial score (nSPS) is 15.3. The van der Waals surface area contributed by atoms with Gasteiger partial charge in [0.25, 0.3) is 0 Å². The number of hydrogen-bond donors (Lipinski definition) is 1. The summed E-state index contributed by atoms with van der Waals surface area (Å²) in [6.07, 6.45) is 5.47. The SMILES string of the molecule is CC(=O)Nc1cnc2ccccc2c1N1CCCCC1. The second-order valence-corrected chi connectivity index (χ2v) is 5.27. The molecule has 4 heteroatoms. The first-order valence-electron chi connectivity index (χ1n) is 7.16. The molecule has 1 N–H and O–H groups in total. The molecule has 104 valence electrons. The van der Waals surface area contributed by atoms with Crippen LogP contribution in [0.25, 0.3) is 10.9 Å². The first-order valence-corrected chi connectivity index (χ1v) is 7.16. The summed E-state index contributed by atoms with van der Waals surface area (Å²) >= 11 is 0. The fraction of sp³-hybridized carbons (Fsp3) is 0.375. The largest absolute Gasteiger partial charge is 0.369 e. The number of pyridine rings is 1. The Bertz CT molecular complexity index is 633. The van der Waals surface area contributed by atoms with Crippen molar-refractivity contribution in [2.75, 3.05) is 23.3 Å². The molecule has 2 heterocycles. The Morgan fingerprint density at radius 3 is 2.70 bits per heavy atom. The Balaban J connectivity index is 2.14. The van der Waals surface area contributed by atoms with Gasteiger partial charge in [0.05, 0.1) is 23.1 Å². The Morgan fingerprint density at radius 1 is 1.20 bits per heavy atom. The molecule has 0 saturated carbocycles. The number of amides is 1. The Labute approximate surface area is 118 Å². The molecular formula is C16H19N3O. The van der Waals surface area contributed by atoms with Crippen LogP contribution in [0.4, 0.5) is 11.4 Å². The number of nitrogens with one attached hydrogen (secondary N) is 1. The molecule has 1 aromatic heterocycles. The van der Waals surface area contributed by atoms with E-state index < -0.39 is 0 Å². The monoisotopic (exact) mass is 269 g/mol. The van der Waals surface area contributed by atoms with E-state index in [0.29, 0.717) is 0 Å². The molecule has 0 atom stereocenters. The van der Waals surface area contributed by atoms with Crippen molar-refractivity contribution in [3.05, 3.63) is 30.5 Å². The van der Waals surface area contributed by atoms with E-state index in [2.05, 4.69) is 21.3 Å². The number of nitrogens with zero attached hydrogens (tertiary/aromatic N) is 2. The lowest BCUT2D eigenvalue weighted by atomic mass is 10.1. The van der Waals surface area contributed by atoms with E-state index in [1.807, 2.05) is 18.2 Å². The van der Waals surface area contributed by atoms with Crippen LogP contribution in [0, 0.1) is 0 Å². The highest BCUT2D eigenvalue weighted by Crippen LogP contribution is 2.34. The summed E-state index contributed by atoms with van der Waals surface area (Å²) in [4.78, 5) is 18.2. The Hall–Kier alpha value is -2.10. The summed E-state index contributed by atoms with van der Waals surface area (Å²) in [5.41, 5.74) is 2.91. The smallest absolute Gasteiger partial charge is 0.221 e.